The van der Waals surface area contributed by atoms with Crippen molar-refractivity contribution in [2.45, 2.75) is 13.8 Å². The van der Waals surface area contributed by atoms with Crippen LogP contribution in [0.15, 0.2) is 51.4 Å². The molecule has 3 aromatic rings. The van der Waals surface area contributed by atoms with Crippen molar-refractivity contribution in [1.29, 1.82) is 0 Å². The summed E-state index contributed by atoms with van der Waals surface area (Å²) in [4.78, 5) is 12.6. The zero-order chi connectivity index (χ0) is 14.3. The Labute approximate surface area is 125 Å². The van der Waals surface area contributed by atoms with Crippen LogP contribution in [0.3, 0.4) is 0 Å². The Morgan fingerprint density at radius 3 is 2.65 bits per heavy atom. The Morgan fingerprint density at radius 1 is 1.05 bits per heavy atom. The van der Waals surface area contributed by atoms with Gasteiger partial charge in [0, 0.05) is 15.4 Å². The third kappa shape index (κ3) is 2.29. The van der Waals surface area contributed by atoms with Gasteiger partial charge in [0.05, 0.1) is 0 Å². The number of ketones is 1. The van der Waals surface area contributed by atoms with Gasteiger partial charge in [0.2, 0.25) is 5.78 Å². The molecule has 2 aromatic carbocycles. The average molecular weight is 329 g/mol. The highest BCUT2D eigenvalue weighted by Crippen LogP contribution is 2.25. The van der Waals surface area contributed by atoms with Crippen molar-refractivity contribution in [2.24, 2.45) is 0 Å². The molecule has 0 fully saturated rings. The molecule has 0 atom stereocenters. The summed E-state index contributed by atoms with van der Waals surface area (Å²) >= 11 is 3.40. The van der Waals surface area contributed by atoms with E-state index >= 15 is 0 Å². The third-order valence-electron chi connectivity index (χ3n) is 3.34. The van der Waals surface area contributed by atoms with E-state index in [-0.39, 0.29) is 5.78 Å². The topological polar surface area (TPSA) is 30.2 Å². The zero-order valence-corrected chi connectivity index (χ0v) is 12.8. The molecule has 3 rings (SSSR count). The molecule has 0 amide bonds. The Morgan fingerprint density at radius 2 is 1.85 bits per heavy atom. The molecular weight excluding hydrogens is 316 g/mol. The molecule has 1 aromatic heterocycles. The van der Waals surface area contributed by atoms with Gasteiger partial charge in [-0.15, -0.1) is 0 Å². The summed E-state index contributed by atoms with van der Waals surface area (Å²) in [6, 6.07) is 13.4. The second-order valence-electron chi connectivity index (χ2n) is 4.94. The van der Waals surface area contributed by atoms with Gasteiger partial charge in [-0.1, -0.05) is 33.6 Å². The number of aryl methyl sites for hydroxylation is 2. The molecule has 0 aliphatic carbocycles. The second-order valence-corrected chi connectivity index (χ2v) is 5.86. The molecule has 0 bridgehead atoms. The number of hydrogen-bond donors (Lipinski definition) is 0. The maximum Gasteiger partial charge on any atom is 0.228 e. The molecule has 2 nitrogen and oxygen atoms in total. The fraction of sp³-hybridized carbons (Fsp3) is 0.118. The number of hydrogen-bond acceptors (Lipinski definition) is 2. The van der Waals surface area contributed by atoms with Crippen LogP contribution in [0.25, 0.3) is 11.0 Å². The SMILES string of the molecule is Cc1ccc2oc(C(=O)c3cc(Br)ccc3C)cc2c1. The number of furan rings is 1. The van der Waals surface area contributed by atoms with Crippen molar-refractivity contribution in [3.05, 3.63) is 69.4 Å². The van der Waals surface area contributed by atoms with Crippen LogP contribution in [-0.4, -0.2) is 5.78 Å². The van der Waals surface area contributed by atoms with Crippen LogP contribution in [0.2, 0.25) is 0 Å². The molecule has 0 aliphatic heterocycles. The normalized spacial score (nSPS) is 10.9. The van der Waals surface area contributed by atoms with Crippen LogP contribution in [0.4, 0.5) is 0 Å². The molecule has 0 saturated carbocycles. The summed E-state index contributed by atoms with van der Waals surface area (Å²) in [7, 11) is 0. The van der Waals surface area contributed by atoms with E-state index in [0.717, 1.165) is 26.6 Å². The predicted molar refractivity (Wildman–Crippen MR) is 83.3 cm³/mol. The monoisotopic (exact) mass is 328 g/mol. The van der Waals surface area contributed by atoms with E-state index in [1.165, 1.54) is 0 Å². The summed E-state index contributed by atoms with van der Waals surface area (Å²) in [5.74, 6) is 0.296. The maximum atomic E-state index is 12.6. The molecule has 0 radical (unpaired) electrons. The van der Waals surface area contributed by atoms with Crippen molar-refractivity contribution >= 4 is 32.7 Å². The van der Waals surface area contributed by atoms with E-state index in [1.807, 2.05) is 56.3 Å². The summed E-state index contributed by atoms with van der Waals surface area (Å²) in [5.41, 5.74) is 3.49. The highest BCUT2D eigenvalue weighted by Gasteiger charge is 2.16. The standard InChI is InChI=1S/C17H13BrO2/c1-10-3-6-15-12(7-10)8-16(20-15)17(19)14-9-13(18)5-4-11(14)2/h3-9H,1-2H3. The summed E-state index contributed by atoms with van der Waals surface area (Å²) in [6.07, 6.45) is 0. The molecule has 0 saturated heterocycles. The van der Waals surface area contributed by atoms with Gasteiger partial charge in [0.1, 0.15) is 5.58 Å². The van der Waals surface area contributed by atoms with E-state index in [1.54, 1.807) is 0 Å². The summed E-state index contributed by atoms with van der Waals surface area (Å²) < 4.78 is 6.56. The lowest BCUT2D eigenvalue weighted by Crippen LogP contribution is -2.02. The first-order valence-corrected chi connectivity index (χ1v) is 7.15. The molecule has 20 heavy (non-hydrogen) atoms. The van der Waals surface area contributed by atoms with Gasteiger partial charge in [-0.3, -0.25) is 4.79 Å². The molecule has 3 heteroatoms. The Bertz CT molecular complexity index is 815. The number of fused-ring (bicyclic) bond motifs is 1. The summed E-state index contributed by atoms with van der Waals surface area (Å²) in [6.45, 7) is 3.94. The van der Waals surface area contributed by atoms with Gasteiger partial charge < -0.3 is 4.42 Å². The molecule has 0 spiro atoms. The minimum Gasteiger partial charge on any atom is -0.453 e. The second kappa shape index (κ2) is 4.91. The fourth-order valence-corrected chi connectivity index (χ4v) is 2.61. The van der Waals surface area contributed by atoms with Crippen molar-refractivity contribution in [1.82, 2.24) is 0 Å². The van der Waals surface area contributed by atoms with Crippen LogP contribution in [-0.2, 0) is 0 Å². The van der Waals surface area contributed by atoms with Crippen LogP contribution in [0, 0.1) is 13.8 Å². The first kappa shape index (κ1) is 13.1. The minimum absolute atomic E-state index is 0.0855. The average Bonchev–Trinajstić information content (AvgIpc) is 2.83. The number of carbonyl (C=O) groups is 1. The highest BCUT2D eigenvalue weighted by atomic mass is 79.9. The largest absolute Gasteiger partial charge is 0.453 e. The smallest absolute Gasteiger partial charge is 0.228 e. The lowest BCUT2D eigenvalue weighted by molar-refractivity contribution is 0.101. The summed E-state index contributed by atoms with van der Waals surface area (Å²) in [5, 5.41) is 0.959. The van der Waals surface area contributed by atoms with Crippen molar-refractivity contribution in [3.8, 4) is 0 Å². The van der Waals surface area contributed by atoms with E-state index in [4.69, 9.17) is 4.42 Å². The van der Waals surface area contributed by atoms with E-state index in [2.05, 4.69) is 15.9 Å². The van der Waals surface area contributed by atoms with Gasteiger partial charge in [-0.05, 0) is 49.7 Å². The number of benzene rings is 2. The van der Waals surface area contributed by atoms with Crippen LogP contribution < -0.4 is 0 Å². The molecule has 0 unspecified atom stereocenters. The number of carbonyl (C=O) groups excluding carboxylic acids is 1. The van der Waals surface area contributed by atoms with Crippen LogP contribution in [0.1, 0.15) is 27.2 Å². The quantitative estimate of drug-likeness (QED) is 0.616. The zero-order valence-electron chi connectivity index (χ0n) is 11.2. The van der Waals surface area contributed by atoms with Gasteiger partial charge in [-0.2, -0.15) is 0 Å². The van der Waals surface area contributed by atoms with Crippen molar-refractivity contribution in [2.75, 3.05) is 0 Å². The van der Waals surface area contributed by atoms with Gasteiger partial charge >= 0.3 is 0 Å². The molecule has 100 valence electrons. The fourth-order valence-electron chi connectivity index (χ4n) is 2.25. The van der Waals surface area contributed by atoms with Crippen molar-refractivity contribution < 1.29 is 9.21 Å². The number of halogens is 1. The lowest BCUT2D eigenvalue weighted by atomic mass is 10.0. The Balaban J connectivity index is 2.10. The van der Waals surface area contributed by atoms with E-state index in [0.29, 0.717) is 11.3 Å². The van der Waals surface area contributed by atoms with Crippen LogP contribution >= 0.6 is 15.9 Å². The van der Waals surface area contributed by atoms with Gasteiger partial charge in [0.25, 0.3) is 0 Å². The van der Waals surface area contributed by atoms with Crippen LogP contribution in [0.5, 0.6) is 0 Å². The minimum atomic E-state index is -0.0855. The van der Waals surface area contributed by atoms with Gasteiger partial charge in [0.15, 0.2) is 5.76 Å². The number of rotatable bonds is 2. The van der Waals surface area contributed by atoms with Crippen molar-refractivity contribution in [3.63, 3.8) is 0 Å². The maximum absolute atomic E-state index is 12.6. The third-order valence-corrected chi connectivity index (χ3v) is 3.83. The molecule has 0 N–H and O–H groups in total. The molecule has 0 aliphatic rings. The highest BCUT2D eigenvalue weighted by molar-refractivity contribution is 9.10. The molecular formula is C17H13BrO2. The predicted octanol–water partition coefficient (Wildman–Crippen LogP) is 5.04. The van der Waals surface area contributed by atoms with Gasteiger partial charge in [-0.25, -0.2) is 0 Å². The molecule has 1 heterocycles. The lowest BCUT2D eigenvalue weighted by Gasteiger charge is -2.03. The first-order chi connectivity index (χ1) is 9.54. The first-order valence-electron chi connectivity index (χ1n) is 6.35. The Kier molecular flexibility index (Phi) is 3.22. The van der Waals surface area contributed by atoms with E-state index < -0.39 is 0 Å². The Hall–Kier alpha value is -1.87. The van der Waals surface area contributed by atoms with E-state index in [9.17, 15) is 4.79 Å².